The minimum atomic E-state index is -0.458. The van der Waals surface area contributed by atoms with Crippen molar-refractivity contribution in [2.24, 2.45) is 0 Å². The van der Waals surface area contributed by atoms with Crippen LogP contribution in [0.3, 0.4) is 0 Å². The lowest BCUT2D eigenvalue weighted by molar-refractivity contribution is 0.0508. The van der Waals surface area contributed by atoms with Crippen molar-refractivity contribution < 1.29 is 9.53 Å². The first-order chi connectivity index (χ1) is 9.13. The van der Waals surface area contributed by atoms with Gasteiger partial charge in [0.05, 0.1) is 17.7 Å². The van der Waals surface area contributed by atoms with E-state index >= 15 is 0 Å². The fourth-order valence-corrected chi connectivity index (χ4v) is 3.23. The van der Waals surface area contributed by atoms with Gasteiger partial charge in [0.25, 0.3) is 0 Å². The van der Waals surface area contributed by atoms with Gasteiger partial charge in [0.2, 0.25) is 0 Å². The second-order valence-corrected chi connectivity index (χ2v) is 5.65. The molecule has 0 aliphatic carbocycles. The number of rotatable bonds is 4. The first-order valence-electron chi connectivity index (χ1n) is 5.55. The van der Waals surface area contributed by atoms with E-state index in [-0.39, 0.29) is 6.61 Å². The van der Waals surface area contributed by atoms with E-state index in [0.29, 0.717) is 27.8 Å². The molecule has 0 radical (unpaired) electrons. The van der Waals surface area contributed by atoms with Gasteiger partial charge in [0.1, 0.15) is 4.88 Å². The minimum absolute atomic E-state index is 0.220. The number of nitrogens with zero attached hydrogens (tertiary/aromatic N) is 1. The normalized spacial score (nSPS) is 10.4. The van der Waals surface area contributed by atoms with Crippen LogP contribution < -0.4 is 0 Å². The van der Waals surface area contributed by atoms with Crippen molar-refractivity contribution in [1.82, 2.24) is 0 Å². The van der Waals surface area contributed by atoms with E-state index in [1.54, 1.807) is 18.2 Å². The molecule has 0 aliphatic heterocycles. The molecule has 0 bridgehead atoms. The van der Waals surface area contributed by atoms with Gasteiger partial charge < -0.3 is 4.74 Å². The largest absolute Gasteiger partial charge is 0.461 e. The molecular weight excluding hydrogens is 305 g/mol. The summed E-state index contributed by atoms with van der Waals surface area (Å²) in [6.07, 6.45) is 0.889. The molecule has 0 atom stereocenters. The number of hydrogen-bond acceptors (Lipinski definition) is 4. The van der Waals surface area contributed by atoms with Crippen LogP contribution in [-0.2, 0) is 4.74 Å². The molecule has 2 aromatic rings. The van der Waals surface area contributed by atoms with E-state index in [2.05, 4.69) is 0 Å². The Morgan fingerprint density at radius 2 is 2.21 bits per heavy atom. The minimum Gasteiger partial charge on any atom is -0.461 e. The summed E-state index contributed by atoms with van der Waals surface area (Å²) < 4.78 is 5.92. The molecule has 6 heteroatoms. The quantitative estimate of drug-likeness (QED) is 0.609. The zero-order chi connectivity index (χ0) is 13.8. The Balaban J connectivity index is 2.18. The molecule has 0 fully saturated rings. The summed E-state index contributed by atoms with van der Waals surface area (Å²) in [5.74, 6) is -0.458. The number of halogens is 2. The van der Waals surface area contributed by atoms with Crippen molar-refractivity contribution in [2.45, 2.75) is 12.8 Å². The van der Waals surface area contributed by atoms with Gasteiger partial charge >= 0.3 is 5.97 Å². The third-order valence-corrected chi connectivity index (χ3v) is 4.32. The van der Waals surface area contributed by atoms with Gasteiger partial charge in [-0.25, -0.2) is 4.79 Å². The number of unbranched alkanes of at least 4 members (excludes halogenated alkanes) is 1. The Kier molecular flexibility index (Phi) is 4.65. The summed E-state index contributed by atoms with van der Waals surface area (Å²) in [7, 11) is 0. The molecule has 1 heterocycles. The number of hydrogen-bond donors (Lipinski definition) is 0. The lowest BCUT2D eigenvalue weighted by Crippen LogP contribution is -2.04. The van der Waals surface area contributed by atoms with Crippen LogP contribution in [0.4, 0.5) is 0 Å². The number of carbonyl (C=O) groups is 1. The number of fused-ring (bicyclic) bond motifs is 1. The predicted molar refractivity (Wildman–Crippen MR) is 77.0 cm³/mol. The van der Waals surface area contributed by atoms with E-state index in [1.165, 1.54) is 11.3 Å². The van der Waals surface area contributed by atoms with Gasteiger partial charge in [-0.3, -0.25) is 0 Å². The maximum Gasteiger partial charge on any atom is 0.349 e. The Labute approximate surface area is 124 Å². The van der Waals surface area contributed by atoms with Crippen molar-refractivity contribution in [1.29, 1.82) is 5.26 Å². The first-order valence-corrected chi connectivity index (χ1v) is 7.12. The van der Waals surface area contributed by atoms with Gasteiger partial charge in [-0.05, 0) is 18.6 Å². The third-order valence-electron chi connectivity index (χ3n) is 2.44. The van der Waals surface area contributed by atoms with Crippen LogP contribution in [0.2, 0.25) is 10.0 Å². The second-order valence-electron chi connectivity index (χ2n) is 3.78. The molecule has 0 saturated carbocycles. The highest BCUT2D eigenvalue weighted by Crippen LogP contribution is 2.37. The third kappa shape index (κ3) is 3.19. The average Bonchev–Trinajstić information content (AvgIpc) is 2.71. The molecule has 0 aliphatic rings. The van der Waals surface area contributed by atoms with Gasteiger partial charge in [-0.2, -0.15) is 5.26 Å². The Bertz CT molecular complexity index is 660. The molecule has 1 aromatic heterocycles. The number of carbonyl (C=O) groups excluding carboxylic acids is 1. The Morgan fingerprint density at radius 3 is 2.95 bits per heavy atom. The van der Waals surface area contributed by atoms with Crippen LogP contribution in [0.5, 0.6) is 0 Å². The molecule has 0 spiro atoms. The molecule has 2 rings (SSSR count). The standard InChI is InChI=1S/C13H9Cl2NO2S/c14-8-3-4-9-10(7-8)19-12(11(9)15)13(17)18-6-2-1-5-16/h3-4,7H,1-2,6H2. The highest BCUT2D eigenvalue weighted by Gasteiger charge is 2.18. The van der Waals surface area contributed by atoms with Crippen LogP contribution >= 0.6 is 34.5 Å². The Morgan fingerprint density at radius 1 is 1.42 bits per heavy atom. The van der Waals surface area contributed by atoms with E-state index in [4.69, 9.17) is 33.2 Å². The molecule has 19 heavy (non-hydrogen) atoms. The van der Waals surface area contributed by atoms with E-state index < -0.39 is 5.97 Å². The number of esters is 1. The number of thiophene rings is 1. The summed E-state index contributed by atoms with van der Waals surface area (Å²) in [5, 5.41) is 10.2. The van der Waals surface area contributed by atoms with E-state index in [1.807, 2.05) is 6.07 Å². The lowest BCUT2D eigenvalue weighted by Gasteiger charge is -2.01. The highest BCUT2D eigenvalue weighted by molar-refractivity contribution is 7.21. The van der Waals surface area contributed by atoms with E-state index in [0.717, 1.165) is 10.1 Å². The Hall–Kier alpha value is -1.28. The summed E-state index contributed by atoms with van der Waals surface area (Å²) in [5.41, 5.74) is 0. The van der Waals surface area contributed by atoms with Crippen molar-refractivity contribution in [2.75, 3.05) is 6.61 Å². The molecular formula is C13H9Cl2NO2S. The molecule has 0 N–H and O–H groups in total. The first kappa shape index (κ1) is 14.1. The van der Waals surface area contributed by atoms with Crippen molar-refractivity contribution in [3.8, 4) is 6.07 Å². The zero-order valence-electron chi connectivity index (χ0n) is 9.78. The molecule has 0 amide bonds. The molecule has 3 nitrogen and oxygen atoms in total. The van der Waals surface area contributed by atoms with E-state index in [9.17, 15) is 4.79 Å². The maximum atomic E-state index is 11.9. The van der Waals surface area contributed by atoms with Crippen molar-refractivity contribution in [3.63, 3.8) is 0 Å². The molecule has 98 valence electrons. The molecule has 0 unspecified atom stereocenters. The van der Waals surface area contributed by atoms with Crippen molar-refractivity contribution >= 4 is 50.6 Å². The fourth-order valence-electron chi connectivity index (χ4n) is 1.55. The smallest absolute Gasteiger partial charge is 0.349 e. The monoisotopic (exact) mass is 313 g/mol. The van der Waals surface area contributed by atoms with Crippen LogP contribution in [0, 0.1) is 11.3 Å². The van der Waals surface area contributed by atoms with Crippen LogP contribution in [-0.4, -0.2) is 12.6 Å². The molecule has 1 aromatic carbocycles. The van der Waals surface area contributed by atoms with Gasteiger partial charge in [-0.15, -0.1) is 11.3 Å². The van der Waals surface area contributed by atoms with Gasteiger partial charge in [0, 0.05) is 21.5 Å². The second kappa shape index (κ2) is 6.25. The van der Waals surface area contributed by atoms with Crippen LogP contribution in [0.15, 0.2) is 18.2 Å². The summed E-state index contributed by atoms with van der Waals surface area (Å²) in [6, 6.07) is 7.26. The SMILES string of the molecule is N#CCCCOC(=O)c1sc2cc(Cl)ccc2c1Cl. The average molecular weight is 314 g/mol. The van der Waals surface area contributed by atoms with Crippen LogP contribution in [0.25, 0.3) is 10.1 Å². The summed E-state index contributed by atoms with van der Waals surface area (Å²) >= 11 is 13.3. The molecule has 0 saturated heterocycles. The lowest BCUT2D eigenvalue weighted by atomic mass is 10.2. The van der Waals surface area contributed by atoms with Gasteiger partial charge in [-0.1, -0.05) is 29.3 Å². The van der Waals surface area contributed by atoms with Crippen molar-refractivity contribution in [3.05, 3.63) is 33.1 Å². The topological polar surface area (TPSA) is 50.1 Å². The maximum absolute atomic E-state index is 11.9. The predicted octanol–water partition coefficient (Wildman–Crippen LogP) is 4.67. The zero-order valence-corrected chi connectivity index (χ0v) is 12.1. The number of nitriles is 1. The number of ether oxygens (including phenoxy) is 1. The number of benzene rings is 1. The van der Waals surface area contributed by atoms with Crippen LogP contribution in [0.1, 0.15) is 22.5 Å². The highest BCUT2D eigenvalue weighted by atomic mass is 35.5. The summed E-state index contributed by atoms with van der Waals surface area (Å²) in [6.45, 7) is 0.220. The summed E-state index contributed by atoms with van der Waals surface area (Å²) in [4.78, 5) is 12.2. The fraction of sp³-hybridized carbons (Fsp3) is 0.231. The van der Waals surface area contributed by atoms with Gasteiger partial charge in [0.15, 0.2) is 0 Å².